The maximum atomic E-state index is 14.2. The monoisotopic (exact) mass is 396 g/mol. The summed E-state index contributed by atoms with van der Waals surface area (Å²) in [5.41, 5.74) is -0.292. The van der Waals surface area contributed by atoms with Crippen molar-refractivity contribution in [3.8, 4) is 0 Å². The van der Waals surface area contributed by atoms with Crippen LogP contribution in [-0.4, -0.2) is 53.3 Å². The molecule has 2 fully saturated rings. The van der Waals surface area contributed by atoms with Crippen LogP contribution in [0.3, 0.4) is 0 Å². The van der Waals surface area contributed by atoms with Gasteiger partial charge in [-0.1, -0.05) is 13.3 Å². The number of nitrogens with zero attached hydrogens (tertiary/aromatic N) is 1. The summed E-state index contributed by atoms with van der Waals surface area (Å²) in [6.07, 6.45) is 0.528. The number of ether oxygens (including phenoxy) is 2. The minimum Gasteiger partial charge on any atom is -0.352 e. The average Bonchev–Trinajstić information content (AvgIpc) is 3.05. The van der Waals surface area contributed by atoms with Crippen LogP contribution in [0, 0.1) is 11.6 Å². The molecule has 2 saturated heterocycles. The van der Waals surface area contributed by atoms with Gasteiger partial charge < -0.3 is 19.7 Å². The summed E-state index contributed by atoms with van der Waals surface area (Å²) >= 11 is 0. The van der Waals surface area contributed by atoms with Crippen molar-refractivity contribution in [3.05, 3.63) is 35.4 Å². The van der Waals surface area contributed by atoms with Crippen molar-refractivity contribution >= 4 is 11.8 Å². The van der Waals surface area contributed by atoms with E-state index in [0.29, 0.717) is 6.07 Å². The van der Waals surface area contributed by atoms with Gasteiger partial charge in [0.1, 0.15) is 29.9 Å². The third kappa shape index (κ3) is 4.03. The molecule has 28 heavy (non-hydrogen) atoms. The molecule has 0 radical (unpaired) electrons. The summed E-state index contributed by atoms with van der Waals surface area (Å²) < 4.78 is 39.1. The van der Waals surface area contributed by atoms with E-state index >= 15 is 0 Å². The van der Waals surface area contributed by atoms with E-state index in [1.54, 1.807) is 13.8 Å². The van der Waals surface area contributed by atoms with Gasteiger partial charge in [0.05, 0.1) is 12.1 Å². The number of hydrogen-bond donors (Lipinski definition) is 1. The molecule has 0 bridgehead atoms. The van der Waals surface area contributed by atoms with Crippen molar-refractivity contribution in [3.63, 3.8) is 0 Å². The molecule has 1 aromatic carbocycles. The van der Waals surface area contributed by atoms with E-state index in [0.717, 1.165) is 25.0 Å². The Morgan fingerprint density at radius 1 is 1.32 bits per heavy atom. The van der Waals surface area contributed by atoms with E-state index < -0.39 is 41.6 Å². The maximum Gasteiger partial charge on any atom is 0.257 e. The third-order valence-electron chi connectivity index (χ3n) is 5.05. The molecule has 2 aliphatic heterocycles. The van der Waals surface area contributed by atoms with Crippen LogP contribution in [0.5, 0.6) is 0 Å². The SMILES string of the molecule is CCCC(C)NC(=O)[C@@H]1[C@H]2OC(C)(C)O[C@H]2CN1C(=O)c1ccc(F)cc1F. The predicted octanol–water partition coefficient (Wildman–Crippen LogP) is 2.61. The lowest BCUT2D eigenvalue weighted by molar-refractivity contribution is -0.162. The van der Waals surface area contributed by atoms with Crippen molar-refractivity contribution in [2.75, 3.05) is 6.54 Å². The summed E-state index contributed by atoms with van der Waals surface area (Å²) in [4.78, 5) is 27.2. The molecule has 0 aliphatic carbocycles. The lowest BCUT2D eigenvalue weighted by Gasteiger charge is -2.30. The average molecular weight is 396 g/mol. The molecule has 3 rings (SSSR count). The van der Waals surface area contributed by atoms with Gasteiger partial charge in [0.25, 0.3) is 5.91 Å². The summed E-state index contributed by atoms with van der Waals surface area (Å²) in [6.45, 7) is 7.47. The Morgan fingerprint density at radius 2 is 2.04 bits per heavy atom. The molecule has 0 aromatic heterocycles. The smallest absolute Gasteiger partial charge is 0.257 e. The van der Waals surface area contributed by atoms with Gasteiger partial charge in [-0.3, -0.25) is 9.59 Å². The second-order valence-electron chi connectivity index (χ2n) is 7.86. The molecule has 154 valence electrons. The first-order valence-electron chi connectivity index (χ1n) is 9.55. The molecular formula is C20H26F2N2O4. The van der Waals surface area contributed by atoms with Crippen LogP contribution in [-0.2, 0) is 14.3 Å². The van der Waals surface area contributed by atoms with E-state index in [4.69, 9.17) is 9.47 Å². The van der Waals surface area contributed by atoms with Crippen LogP contribution in [0.15, 0.2) is 18.2 Å². The first kappa shape index (κ1) is 20.7. The first-order chi connectivity index (χ1) is 13.1. The fourth-order valence-electron chi connectivity index (χ4n) is 3.91. The number of carbonyl (C=O) groups excluding carboxylic acids is 2. The molecule has 2 amide bonds. The second kappa shape index (κ2) is 7.75. The first-order valence-corrected chi connectivity index (χ1v) is 9.55. The van der Waals surface area contributed by atoms with Gasteiger partial charge >= 0.3 is 0 Å². The van der Waals surface area contributed by atoms with Crippen LogP contribution in [0.2, 0.25) is 0 Å². The molecule has 0 saturated carbocycles. The molecule has 8 heteroatoms. The van der Waals surface area contributed by atoms with E-state index in [2.05, 4.69) is 5.32 Å². The lowest BCUT2D eigenvalue weighted by Crippen LogP contribution is -2.53. The van der Waals surface area contributed by atoms with Gasteiger partial charge in [-0.05, 0) is 39.3 Å². The highest BCUT2D eigenvalue weighted by molar-refractivity contribution is 5.98. The Morgan fingerprint density at radius 3 is 2.68 bits per heavy atom. The molecular weight excluding hydrogens is 370 g/mol. The minimum absolute atomic E-state index is 0.0774. The minimum atomic E-state index is -0.970. The van der Waals surface area contributed by atoms with Gasteiger partial charge in [0.2, 0.25) is 5.91 Å². The Kier molecular flexibility index (Phi) is 5.72. The van der Waals surface area contributed by atoms with Crippen LogP contribution >= 0.6 is 0 Å². The zero-order valence-corrected chi connectivity index (χ0v) is 16.5. The number of rotatable bonds is 5. The molecule has 1 aromatic rings. The molecule has 4 atom stereocenters. The number of likely N-dealkylation sites (tertiary alicyclic amines) is 1. The number of fused-ring (bicyclic) bond motifs is 1. The fraction of sp³-hybridized carbons (Fsp3) is 0.600. The van der Waals surface area contributed by atoms with Crippen molar-refractivity contribution in [2.24, 2.45) is 0 Å². The molecule has 1 N–H and O–H groups in total. The summed E-state index contributed by atoms with van der Waals surface area (Å²) in [6, 6.07) is 1.72. The number of carbonyl (C=O) groups is 2. The van der Waals surface area contributed by atoms with Crippen LogP contribution in [0.4, 0.5) is 8.78 Å². The zero-order chi connectivity index (χ0) is 20.6. The van der Waals surface area contributed by atoms with Gasteiger partial charge in [-0.15, -0.1) is 0 Å². The molecule has 2 aliphatic rings. The number of halogens is 2. The van der Waals surface area contributed by atoms with E-state index in [1.165, 1.54) is 4.90 Å². The topological polar surface area (TPSA) is 67.9 Å². The van der Waals surface area contributed by atoms with Crippen LogP contribution < -0.4 is 5.32 Å². The summed E-state index contributed by atoms with van der Waals surface area (Å²) in [5.74, 6) is -3.68. The van der Waals surface area contributed by atoms with E-state index in [-0.39, 0.29) is 24.1 Å². The lowest BCUT2D eigenvalue weighted by atomic mass is 10.1. The standard InChI is InChI=1S/C20H26F2N2O4/c1-5-6-11(2)23-18(25)16-17-15(27-20(3,4)28-17)10-24(16)19(26)13-8-7-12(21)9-14(13)22/h7-9,11,15-17H,5-6,10H2,1-4H3,(H,23,25)/t11?,15-,16-,17-/m0/s1. The summed E-state index contributed by atoms with van der Waals surface area (Å²) in [5, 5.41) is 2.90. The molecule has 1 unspecified atom stereocenters. The van der Waals surface area contributed by atoms with Crippen LogP contribution in [0.1, 0.15) is 50.9 Å². The highest BCUT2D eigenvalue weighted by Gasteiger charge is 2.56. The number of nitrogens with one attached hydrogen (secondary N) is 1. The van der Waals surface area contributed by atoms with Crippen molar-refractivity contribution in [2.45, 2.75) is 70.6 Å². The highest BCUT2D eigenvalue weighted by Crippen LogP contribution is 2.37. The number of hydrogen-bond acceptors (Lipinski definition) is 4. The van der Waals surface area contributed by atoms with Gasteiger partial charge in [0.15, 0.2) is 5.79 Å². The predicted molar refractivity (Wildman–Crippen MR) is 97.5 cm³/mol. The van der Waals surface area contributed by atoms with Crippen molar-refractivity contribution < 1.29 is 27.8 Å². The fourth-order valence-corrected chi connectivity index (χ4v) is 3.91. The van der Waals surface area contributed by atoms with E-state index in [1.807, 2.05) is 13.8 Å². The summed E-state index contributed by atoms with van der Waals surface area (Å²) in [7, 11) is 0. The van der Waals surface area contributed by atoms with Gasteiger partial charge in [-0.25, -0.2) is 8.78 Å². The van der Waals surface area contributed by atoms with E-state index in [9.17, 15) is 18.4 Å². The molecule has 2 heterocycles. The Bertz CT molecular complexity index is 771. The maximum absolute atomic E-state index is 14.2. The normalized spacial score (nSPS) is 26.8. The molecule has 0 spiro atoms. The number of benzene rings is 1. The third-order valence-corrected chi connectivity index (χ3v) is 5.05. The quantitative estimate of drug-likeness (QED) is 0.831. The Balaban J connectivity index is 1.88. The van der Waals surface area contributed by atoms with Gasteiger partial charge in [0, 0.05) is 12.1 Å². The zero-order valence-electron chi connectivity index (χ0n) is 16.5. The van der Waals surface area contributed by atoms with Crippen molar-refractivity contribution in [1.29, 1.82) is 0 Å². The molecule has 6 nitrogen and oxygen atoms in total. The largest absolute Gasteiger partial charge is 0.352 e. The van der Waals surface area contributed by atoms with Gasteiger partial charge in [-0.2, -0.15) is 0 Å². The Hall–Kier alpha value is -2.06. The highest BCUT2D eigenvalue weighted by atomic mass is 19.1. The Labute approximate surface area is 163 Å². The second-order valence-corrected chi connectivity index (χ2v) is 7.86. The van der Waals surface area contributed by atoms with Crippen molar-refractivity contribution in [1.82, 2.24) is 10.2 Å². The number of amides is 2. The van der Waals surface area contributed by atoms with Crippen LogP contribution in [0.25, 0.3) is 0 Å².